The molecule has 0 spiro atoms. The van der Waals surface area contributed by atoms with E-state index in [1.807, 2.05) is 0 Å². The van der Waals surface area contributed by atoms with Gasteiger partial charge in [0.15, 0.2) is 5.65 Å². The molecule has 0 aliphatic heterocycles. The summed E-state index contributed by atoms with van der Waals surface area (Å²) in [6.45, 7) is 1.50. The fraction of sp³-hybridized carbons (Fsp3) is 0.188. The third-order valence-electron chi connectivity index (χ3n) is 4.32. The first-order chi connectivity index (χ1) is 11.8. The molecule has 0 fully saturated rings. The van der Waals surface area contributed by atoms with Crippen LogP contribution in [0.15, 0.2) is 30.6 Å². The number of nitrogens with two attached hydrogens (primary N) is 1. The number of aryl methyl sites for hydroxylation is 1. The number of halogens is 3. The molecule has 0 radical (unpaired) electrons. The lowest BCUT2D eigenvalue weighted by molar-refractivity contribution is 0.473. The van der Waals surface area contributed by atoms with E-state index in [0.29, 0.717) is 16.9 Å². The molecule has 4 rings (SSSR count). The van der Waals surface area contributed by atoms with Crippen molar-refractivity contribution in [2.24, 2.45) is 12.8 Å². The first kappa shape index (κ1) is 15.9. The molecule has 2 N–H and O–H groups in total. The van der Waals surface area contributed by atoms with Gasteiger partial charge in [0.05, 0.1) is 40.1 Å². The molecule has 25 heavy (non-hydrogen) atoms. The Kier molecular flexibility index (Phi) is 3.32. The molecule has 9 heteroatoms. The van der Waals surface area contributed by atoms with Crippen molar-refractivity contribution >= 4 is 28.2 Å². The predicted molar refractivity (Wildman–Crippen MR) is 89.3 cm³/mol. The quantitative estimate of drug-likeness (QED) is 0.595. The van der Waals surface area contributed by atoms with Gasteiger partial charge in [0.1, 0.15) is 16.8 Å². The molecule has 0 bridgehead atoms. The molecule has 6 nitrogen and oxygen atoms in total. The first-order valence-electron chi connectivity index (χ1n) is 7.40. The van der Waals surface area contributed by atoms with Gasteiger partial charge in [0.25, 0.3) is 0 Å². The van der Waals surface area contributed by atoms with Crippen molar-refractivity contribution in [3.05, 3.63) is 58.6 Å². The number of hydrogen-bond acceptors (Lipinski definition) is 4. The van der Waals surface area contributed by atoms with E-state index in [0.717, 1.165) is 0 Å². The molecule has 0 saturated heterocycles. The summed E-state index contributed by atoms with van der Waals surface area (Å²) in [4.78, 5) is 4.18. The van der Waals surface area contributed by atoms with Gasteiger partial charge in [-0.15, -0.1) is 0 Å². The van der Waals surface area contributed by atoms with Crippen LogP contribution in [0.4, 0.5) is 8.78 Å². The third-order valence-corrected chi connectivity index (χ3v) is 4.53. The Hall–Kier alpha value is -2.58. The summed E-state index contributed by atoms with van der Waals surface area (Å²) in [7, 11) is 1.61. The highest BCUT2D eigenvalue weighted by Crippen LogP contribution is 2.34. The summed E-state index contributed by atoms with van der Waals surface area (Å²) in [6, 6.07) is 4.44. The smallest absolute Gasteiger partial charge is 0.153 e. The Morgan fingerprint density at radius 2 is 2.00 bits per heavy atom. The third kappa shape index (κ3) is 2.21. The second kappa shape index (κ2) is 5.21. The molecular formula is C16H13ClF2N6. The van der Waals surface area contributed by atoms with Crippen LogP contribution in [0.1, 0.15) is 18.2 Å². The minimum Gasteiger partial charge on any atom is -0.316 e. The molecular weight excluding hydrogens is 350 g/mol. The summed E-state index contributed by atoms with van der Waals surface area (Å²) >= 11 is 5.93. The Balaban J connectivity index is 2.01. The van der Waals surface area contributed by atoms with Crippen LogP contribution in [0.3, 0.4) is 0 Å². The topological polar surface area (TPSA) is 74.0 Å². The lowest BCUT2D eigenvalue weighted by Crippen LogP contribution is -2.38. The maximum absolute atomic E-state index is 15.1. The number of rotatable bonds is 2. The van der Waals surface area contributed by atoms with Crippen LogP contribution in [0.5, 0.6) is 0 Å². The van der Waals surface area contributed by atoms with Gasteiger partial charge in [-0.05, 0) is 19.1 Å². The van der Waals surface area contributed by atoms with E-state index in [1.54, 1.807) is 19.2 Å². The second-order valence-corrected chi connectivity index (χ2v) is 6.41. The summed E-state index contributed by atoms with van der Waals surface area (Å²) < 4.78 is 32.6. The van der Waals surface area contributed by atoms with E-state index in [1.165, 1.54) is 34.6 Å². The van der Waals surface area contributed by atoms with Crippen molar-refractivity contribution in [3.8, 4) is 0 Å². The molecule has 4 aromatic rings. The largest absolute Gasteiger partial charge is 0.316 e. The normalized spacial score (nSPS) is 14.3. The van der Waals surface area contributed by atoms with Gasteiger partial charge in [-0.2, -0.15) is 10.2 Å². The summed E-state index contributed by atoms with van der Waals surface area (Å²) in [5.74, 6) is -1.53. The van der Waals surface area contributed by atoms with E-state index in [4.69, 9.17) is 17.3 Å². The molecule has 0 aliphatic carbocycles. The van der Waals surface area contributed by atoms with Crippen LogP contribution in [0, 0.1) is 11.6 Å². The van der Waals surface area contributed by atoms with Crippen molar-refractivity contribution in [2.45, 2.75) is 12.5 Å². The highest BCUT2D eigenvalue weighted by atomic mass is 35.5. The summed E-state index contributed by atoms with van der Waals surface area (Å²) in [5, 5.41) is 8.50. The molecule has 3 aromatic heterocycles. The van der Waals surface area contributed by atoms with Crippen LogP contribution >= 0.6 is 11.6 Å². The molecule has 1 atom stereocenters. The van der Waals surface area contributed by atoms with Crippen LogP contribution in [0.2, 0.25) is 5.15 Å². The van der Waals surface area contributed by atoms with E-state index in [9.17, 15) is 4.39 Å². The Morgan fingerprint density at radius 1 is 1.24 bits per heavy atom. The summed E-state index contributed by atoms with van der Waals surface area (Å²) in [6.07, 6.45) is 2.78. The standard InChI is InChI=1S/C16H13ClF2N6/c1-16(20,11-7-21-13-4-3-12(17)23-25(11)13)14-9(18)5-10-8(15(14)19)6-22-24(10)2/h3-7H,20H2,1-2H3. The average molecular weight is 363 g/mol. The highest BCUT2D eigenvalue weighted by molar-refractivity contribution is 6.29. The van der Waals surface area contributed by atoms with Gasteiger partial charge in [-0.25, -0.2) is 18.3 Å². The number of hydrogen-bond donors (Lipinski definition) is 1. The van der Waals surface area contributed by atoms with Gasteiger partial charge in [0.2, 0.25) is 0 Å². The van der Waals surface area contributed by atoms with Crippen LogP contribution in [-0.2, 0) is 12.6 Å². The number of nitrogens with zero attached hydrogens (tertiary/aromatic N) is 5. The number of aromatic nitrogens is 5. The maximum Gasteiger partial charge on any atom is 0.153 e. The van der Waals surface area contributed by atoms with E-state index < -0.39 is 17.2 Å². The zero-order valence-electron chi connectivity index (χ0n) is 13.3. The molecule has 128 valence electrons. The van der Waals surface area contributed by atoms with E-state index in [2.05, 4.69) is 15.2 Å². The first-order valence-corrected chi connectivity index (χ1v) is 7.78. The maximum atomic E-state index is 15.1. The van der Waals surface area contributed by atoms with Crippen LogP contribution in [0.25, 0.3) is 16.6 Å². The number of fused-ring (bicyclic) bond motifs is 2. The van der Waals surface area contributed by atoms with Crippen molar-refractivity contribution in [1.82, 2.24) is 24.4 Å². The van der Waals surface area contributed by atoms with Crippen molar-refractivity contribution in [2.75, 3.05) is 0 Å². The molecule has 0 amide bonds. The molecule has 3 heterocycles. The van der Waals surface area contributed by atoms with Gasteiger partial charge in [-0.1, -0.05) is 11.6 Å². The number of imidazole rings is 1. The minimum absolute atomic E-state index is 0.190. The lowest BCUT2D eigenvalue weighted by Gasteiger charge is -2.25. The fourth-order valence-corrected chi connectivity index (χ4v) is 3.17. The zero-order chi connectivity index (χ0) is 17.9. The Bertz CT molecular complexity index is 1130. The predicted octanol–water partition coefficient (Wildman–Crippen LogP) is 2.77. The highest BCUT2D eigenvalue weighted by Gasteiger charge is 2.35. The zero-order valence-corrected chi connectivity index (χ0v) is 14.1. The van der Waals surface area contributed by atoms with Crippen molar-refractivity contribution in [1.29, 1.82) is 0 Å². The van der Waals surface area contributed by atoms with Gasteiger partial charge >= 0.3 is 0 Å². The minimum atomic E-state index is -1.53. The lowest BCUT2D eigenvalue weighted by atomic mass is 9.88. The van der Waals surface area contributed by atoms with Gasteiger partial charge < -0.3 is 5.73 Å². The molecule has 1 unspecified atom stereocenters. The van der Waals surface area contributed by atoms with E-state index >= 15 is 4.39 Å². The Morgan fingerprint density at radius 3 is 2.76 bits per heavy atom. The molecule has 0 saturated carbocycles. The monoisotopic (exact) mass is 362 g/mol. The second-order valence-electron chi connectivity index (χ2n) is 6.02. The van der Waals surface area contributed by atoms with Gasteiger partial charge in [0, 0.05) is 13.1 Å². The van der Waals surface area contributed by atoms with Crippen LogP contribution in [-0.4, -0.2) is 24.4 Å². The Labute approximate surface area is 145 Å². The molecule has 0 aliphatic rings. The summed E-state index contributed by atoms with van der Waals surface area (Å²) in [5.41, 5.74) is 5.68. The van der Waals surface area contributed by atoms with E-state index in [-0.39, 0.29) is 16.1 Å². The van der Waals surface area contributed by atoms with Crippen LogP contribution < -0.4 is 5.73 Å². The fourth-order valence-electron chi connectivity index (χ4n) is 3.03. The average Bonchev–Trinajstić information content (AvgIpc) is 3.11. The molecule has 1 aromatic carbocycles. The van der Waals surface area contributed by atoms with Crippen molar-refractivity contribution in [3.63, 3.8) is 0 Å². The SMILES string of the molecule is Cn1ncc2c(F)c(C(C)(N)c3cnc4ccc(Cl)nn34)c(F)cc21. The van der Waals surface area contributed by atoms with Gasteiger partial charge in [-0.3, -0.25) is 4.68 Å². The van der Waals surface area contributed by atoms with Crippen molar-refractivity contribution < 1.29 is 8.78 Å². The number of benzene rings is 1.